The van der Waals surface area contributed by atoms with Crippen molar-refractivity contribution in [3.63, 3.8) is 0 Å². The Morgan fingerprint density at radius 2 is 2.20 bits per heavy atom. The van der Waals surface area contributed by atoms with Crippen LogP contribution >= 0.6 is 22.9 Å². The van der Waals surface area contributed by atoms with Crippen LogP contribution in [-0.4, -0.2) is 73.6 Å². The number of carbonyl (C=O) groups excluding carboxylic acids is 1. The van der Waals surface area contributed by atoms with Crippen molar-refractivity contribution in [2.45, 2.75) is 43.3 Å². The summed E-state index contributed by atoms with van der Waals surface area (Å²) in [4.78, 5) is 29.5. The number of fused-ring (bicyclic) bond motifs is 4. The largest absolute Gasteiger partial charge is 0.494 e. The second kappa shape index (κ2) is 6.86. The van der Waals surface area contributed by atoms with Crippen molar-refractivity contribution in [1.82, 2.24) is 29.4 Å². The highest BCUT2D eigenvalue weighted by molar-refractivity contribution is 7.19. The molecule has 2 aliphatic heterocycles. The number of aryl methyl sites for hydroxylation is 1. The van der Waals surface area contributed by atoms with E-state index in [9.17, 15) is 4.79 Å². The number of methoxy groups -OCH3 is 1. The van der Waals surface area contributed by atoms with Crippen molar-refractivity contribution < 1.29 is 9.53 Å². The fraction of sp³-hybridized carbons (Fsp3) is 0.458. The third kappa shape index (κ3) is 2.68. The predicted molar refractivity (Wildman–Crippen MR) is 135 cm³/mol. The molecule has 2 aliphatic carbocycles. The van der Waals surface area contributed by atoms with E-state index in [1.807, 2.05) is 12.1 Å². The minimum atomic E-state index is 0.0767. The normalized spacial score (nSPS) is 28.6. The summed E-state index contributed by atoms with van der Waals surface area (Å²) in [5.41, 5.74) is 3.12. The molecule has 11 heteroatoms. The zero-order valence-electron chi connectivity index (χ0n) is 19.3. The van der Waals surface area contributed by atoms with E-state index in [1.165, 1.54) is 22.0 Å². The summed E-state index contributed by atoms with van der Waals surface area (Å²) >= 11 is 3.06. The molecule has 0 bridgehead atoms. The highest BCUT2D eigenvalue weighted by atomic mass is 32.1. The van der Waals surface area contributed by atoms with E-state index in [0.717, 1.165) is 64.2 Å². The second-order valence-electron chi connectivity index (χ2n) is 10.1. The zero-order valence-corrected chi connectivity index (χ0v) is 20.9. The molecule has 1 N–H and O–H groups in total. The van der Waals surface area contributed by atoms with Gasteiger partial charge in [-0.05, 0) is 55.9 Å². The maximum absolute atomic E-state index is 13.4. The van der Waals surface area contributed by atoms with Gasteiger partial charge in [0.25, 0.3) is 0 Å². The van der Waals surface area contributed by atoms with Crippen LogP contribution in [0.2, 0.25) is 0 Å². The van der Waals surface area contributed by atoms with E-state index in [4.69, 9.17) is 4.74 Å². The number of amides is 1. The highest BCUT2D eigenvalue weighted by Crippen LogP contribution is 2.67. The molecule has 5 heterocycles. The number of aromatic nitrogens is 4. The lowest BCUT2D eigenvalue weighted by Gasteiger charge is -2.24. The number of rotatable bonds is 4. The van der Waals surface area contributed by atoms with Crippen LogP contribution in [0, 0.1) is 5.92 Å². The molecular formula is C24H23N7O2S2. The number of hydrogen-bond acceptors (Lipinski definition) is 10. The first-order chi connectivity index (χ1) is 17.1. The van der Waals surface area contributed by atoms with Crippen LogP contribution in [0.5, 0.6) is 5.75 Å². The molecule has 9 nitrogen and oxygen atoms in total. The number of carbonyl (C=O) groups is 1. The van der Waals surface area contributed by atoms with Crippen LogP contribution in [0.1, 0.15) is 23.3 Å². The van der Waals surface area contributed by atoms with Crippen molar-refractivity contribution >= 4 is 60.7 Å². The molecular weight excluding hydrogens is 482 g/mol. The summed E-state index contributed by atoms with van der Waals surface area (Å²) in [5.74, 6) is 1.91. The number of likely N-dealkylation sites (N-methyl/N-ethyl adjacent to an activating group) is 1. The number of benzene rings is 1. The first kappa shape index (κ1) is 20.3. The molecule has 4 atom stereocenters. The number of piperazine rings is 1. The van der Waals surface area contributed by atoms with Gasteiger partial charge in [-0.15, -0.1) is 16.4 Å². The van der Waals surface area contributed by atoms with E-state index < -0.39 is 0 Å². The lowest BCUT2D eigenvalue weighted by atomic mass is 9.87. The number of ether oxygens (including phenoxy) is 1. The molecule has 8 rings (SSSR count). The summed E-state index contributed by atoms with van der Waals surface area (Å²) in [6.07, 6.45) is 5.33. The lowest BCUT2D eigenvalue weighted by molar-refractivity contribution is -0.131. The van der Waals surface area contributed by atoms with Crippen molar-refractivity contribution in [2.75, 3.05) is 26.0 Å². The van der Waals surface area contributed by atoms with Crippen LogP contribution in [-0.2, 0) is 17.6 Å². The molecule has 35 heavy (non-hydrogen) atoms. The third-order valence-corrected chi connectivity index (χ3v) is 10.3. The molecule has 1 spiro atoms. The highest BCUT2D eigenvalue weighted by Gasteiger charge is 2.84. The van der Waals surface area contributed by atoms with Crippen LogP contribution in [0.25, 0.3) is 20.4 Å². The zero-order chi connectivity index (χ0) is 23.5. The summed E-state index contributed by atoms with van der Waals surface area (Å²) in [7, 11) is 3.84. The standard InChI is InChI=1S/C24H23N7O2S2/c1-30-9-19-24(8-18(24)30)31(19)23(32)11-3-4-12-16(5-11)34-22-20(12)21(25-10-26-22)27-13-7-17-14(28-29-35-17)6-15(13)33-2/h6-7,10-11,18-19H,3-5,8-9H2,1-2H3,(H,25,26,27)/t11-,18+,19-,24?,31?/m0/s1. The first-order valence-corrected chi connectivity index (χ1v) is 13.5. The number of piperidine rings is 1. The number of likely N-dealkylation sites (tertiary alicyclic amines) is 1. The third-order valence-electron chi connectivity index (χ3n) is 8.45. The Balaban J connectivity index is 1.10. The van der Waals surface area contributed by atoms with Crippen molar-refractivity contribution in [1.29, 1.82) is 0 Å². The van der Waals surface area contributed by atoms with E-state index in [2.05, 4.69) is 41.7 Å². The molecule has 1 saturated carbocycles. The summed E-state index contributed by atoms with van der Waals surface area (Å²) in [5, 5.41) is 8.70. The van der Waals surface area contributed by atoms with Crippen LogP contribution in [0.3, 0.4) is 0 Å². The quantitative estimate of drug-likeness (QED) is 0.423. The van der Waals surface area contributed by atoms with E-state index >= 15 is 0 Å². The number of nitrogens with one attached hydrogen (secondary N) is 1. The Hall–Kier alpha value is -2.89. The van der Waals surface area contributed by atoms with Crippen molar-refractivity contribution in [2.24, 2.45) is 5.92 Å². The van der Waals surface area contributed by atoms with Gasteiger partial charge >= 0.3 is 0 Å². The smallest absolute Gasteiger partial charge is 0.227 e. The SMILES string of the molecule is COc1cc2nnsc2cc1Nc1ncnc2sc3c(c12)CC[C@H](C(=O)N1[C@H]2CN(C)[C@@H]4CC241)C3. The molecule has 4 aromatic rings. The number of thiophene rings is 1. The first-order valence-electron chi connectivity index (χ1n) is 11.9. The second-order valence-corrected chi connectivity index (χ2v) is 12.0. The number of hydrogen-bond donors (Lipinski definition) is 1. The van der Waals surface area contributed by atoms with Gasteiger partial charge in [-0.2, -0.15) is 0 Å². The van der Waals surface area contributed by atoms with Crippen molar-refractivity contribution in [3.05, 3.63) is 28.9 Å². The van der Waals surface area contributed by atoms with Gasteiger partial charge < -0.3 is 15.0 Å². The lowest BCUT2D eigenvalue weighted by Crippen LogP contribution is -2.34. The van der Waals surface area contributed by atoms with Gasteiger partial charge in [0.1, 0.15) is 28.2 Å². The molecule has 2 saturated heterocycles. The van der Waals surface area contributed by atoms with E-state index in [0.29, 0.717) is 23.7 Å². The molecule has 1 unspecified atom stereocenters. The molecule has 0 radical (unpaired) electrons. The van der Waals surface area contributed by atoms with Crippen molar-refractivity contribution in [3.8, 4) is 5.75 Å². The molecule has 3 fully saturated rings. The topological polar surface area (TPSA) is 96.1 Å². The minimum Gasteiger partial charge on any atom is -0.494 e. The average Bonchev–Trinajstić information content (AvgIpc) is 3.53. The fourth-order valence-corrected chi connectivity index (χ4v) is 8.48. The predicted octanol–water partition coefficient (Wildman–Crippen LogP) is 3.22. The van der Waals surface area contributed by atoms with Crippen LogP contribution < -0.4 is 10.1 Å². The maximum Gasteiger partial charge on any atom is 0.227 e. The Kier molecular flexibility index (Phi) is 3.98. The van der Waals surface area contributed by atoms with Crippen LogP contribution in [0.15, 0.2) is 18.5 Å². The van der Waals surface area contributed by atoms with Gasteiger partial charge in [0.15, 0.2) is 0 Å². The molecule has 1 amide bonds. The van der Waals surface area contributed by atoms with Gasteiger partial charge in [-0.3, -0.25) is 9.69 Å². The summed E-state index contributed by atoms with van der Waals surface area (Å²) < 4.78 is 10.6. The van der Waals surface area contributed by atoms with Gasteiger partial charge in [0.2, 0.25) is 5.91 Å². The van der Waals surface area contributed by atoms with Gasteiger partial charge in [0, 0.05) is 29.4 Å². The van der Waals surface area contributed by atoms with E-state index in [1.54, 1.807) is 24.8 Å². The Bertz CT molecular complexity index is 1550. The maximum atomic E-state index is 13.4. The Morgan fingerprint density at radius 3 is 3.00 bits per heavy atom. The van der Waals surface area contributed by atoms with E-state index in [-0.39, 0.29) is 11.5 Å². The van der Waals surface area contributed by atoms with Gasteiger partial charge in [-0.25, -0.2) is 9.97 Å². The fourth-order valence-electron chi connectivity index (χ4n) is 6.63. The number of nitrogens with zero attached hydrogens (tertiary/aromatic N) is 6. The molecule has 4 aliphatic rings. The van der Waals surface area contributed by atoms with Gasteiger partial charge in [0.05, 0.1) is 34.5 Å². The minimum absolute atomic E-state index is 0.0767. The molecule has 1 aromatic carbocycles. The Labute approximate surface area is 209 Å². The Morgan fingerprint density at radius 1 is 1.29 bits per heavy atom. The van der Waals surface area contributed by atoms with Gasteiger partial charge in [-0.1, -0.05) is 4.49 Å². The van der Waals surface area contributed by atoms with Crippen LogP contribution in [0.4, 0.5) is 11.5 Å². The summed E-state index contributed by atoms with van der Waals surface area (Å²) in [6.45, 7) is 1.04. The molecule has 178 valence electrons. The monoisotopic (exact) mass is 505 g/mol. The molecule has 3 aromatic heterocycles. The average molecular weight is 506 g/mol. The number of anilines is 2. The summed E-state index contributed by atoms with van der Waals surface area (Å²) in [6, 6.07) is 4.95.